The molecule has 142 valence electrons. The number of nitrogens with one attached hydrogen (secondary N) is 1. The Morgan fingerprint density at radius 1 is 0.700 bits per heavy atom. The number of rotatable bonds is 2. The Hall–Kier alpha value is -3.54. The summed E-state index contributed by atoms with van der Waals surface area (Å²) in [5.41, 5.74) is 9.68. The molecule has 0 heterocycles. The van der Waals surface area contributed by atoms with Crippen LogP contribution in [0.25, 0.3) is 0 Å². The van der Waals surface area contributed by atoms with Gasteiger partial charge in [-0.1, -0.05) is 78.3 Å². The van der Waals surface area contributed by atoms with Gasteiger partial charge in [-0.25, -0.2) is 0 Å². The third-order valence-corrected chi connectivity index (χ3v) is 6.74. The van der Waals surface area contributed by atoms with Crippen molar-refractivity contribution < 1.29 is 0 Å². The van der Waals surface area contributed by atoms with Crippen LogP contribution >= 0.6 is 11.6 Å². The van der Waals surface area contributed by atoms with Crippen LogP contribution < -0.4 is 5.32 Å². The number of benzene rings is 4. The van der Waals surface area contributed by atoms with Crippen molar-refractivity contribution in [1.29, 1.82) is 5.26 Å². The average Bonchev–Trinajstić information content (AvgIpc) is 2.81. The summed E-state index contributed by atoms with van der Waals surface area (Å²) in [7, 11) is 0. The Bertz CT molecular complexity index is 1300. The molecule has 7 rings (SSSR count). The van der Waals surface area contributed by atoms with Crippen molar-refractivity contribution in [2.24, 2.45) is 0 Å². The number of halogens is 1. The number of anilines is 2. The Morgan fingerprint density at radius 3 is 1.73 bits per heavy atom. The zero-order valence-electron chi connectivity index (χ0n) is 16.1. The molecule has 0 fully saturated rings. The molecule has 0 unspecified atom stereocenters. The molecule has 0 radical (unpaired) electrons. The van der Waals surface area contributed by atoms with Gasteiger partial charge in [-0.15, -0.1) is 0 Å². The lowest BCUT2D eigenvalue weighted by atomic mass is 9.60. The van der Waals surface area contributed by atoms with Gasteiger partial charge in [0.1, 0.15) is 0 Å². The minimum absolute atomic E-state index is 0.0366. The van der Waals surface area contributed by atoms with Crippen LogP contribution in [-0.4, -0.2) is 0 Å². The first kappa shape index (κ1) is 17.3. The van der Waals surface area contributed by atoms with Gasteiger partial charge >= 0.3 is 0 Å². The fraction of sp³-hybridized carbons (Fsp3) is 0.0741. The van der Waals surface area contributed by atoms with E-state index in [1.807, 2.05) is 36.4 Å². The Kier molecular flexibility index (Phi) is 3.75. The van der Waals surface area contributed by atoms with Crippen molar-refractivity contribution in [3.05, 3.63) is 129 Å². The number of nitriles is 1. The normalized spacial score (nSPS) is 17.5. The van der Waals surface area contributed by atoms with Crippen LogP contribution in [-0.2, 0) is 0 Å². The van der Waals surface area contributed by atoms with Crippen molar-refractivity contribution in [2.75, 3.05) is 5.32 Å². The van der Waals surface area contributed by atoms with Crippen molar-refractivity contribution in [1.82, 2.24) is 0 Å². The molecule has 4 aromatic rings. The first-order valence-electron chi connectivity index (χ1n) is 10.0. The number of nitrogens with zero attached hydrogens (tertiary/aromatic N) is 1. The van der Waals surface area contributed by atoms with Crippen molar-refractivity contribution >= 4 is 23.0 Å². The average molecular weight is 405 g/mol. The van der Waals surface area contributed by atoms with E-state index in [9.17, 15) is 5.26 Å². The van der Waals surface area contributed by atoms with Crippen LogP contribution in [0.1, 0.15) is 50.8 Å². The molecule has 1 N–H and O–H groups in total. The van der Waals surface area contributed by atoms with E-state index in [4.69, 9.17) is 11.6 Å². The molecule has 0 amide bonds. The summed E-state index contributed by atoms with van der Waals surface area (Å²) in [5, 5.41) is 14.2. The molecule has 0 saturated heterocycles. The van der Waals surface area contributed by atoms with E-state index in [-0.39, 0.29) is 11.8 Å². The van der Waals surface area contributed by atoms with Crippen LogP contribution in [0.2, 0.25) is 5.02 Å². The third-order valence-electron chi connectivity index (χ3n) is 6.33. The van der Waals surface area contributed by atoms with Gasteiger partial charge in [0.05, 0.1) is 22.3 Å². The standard InChI is InChI=1S/C27H17ClN2/c28-27-22(30-17-8-2-1-3-9-17)14-16(15-29)23-24-18-10-4-6-12-20(18)25(26(23)27)21-13-7-5-11-19(21)24/h1-14,24-25,30H. The van der Waals surface area contributed by atoms with E-state index < -0.39 is 0 Å². The topological polar surface area (TPSA) is 35.8 Å². The second kappa shape index (κ2) is 6.49. The zero-order chi connectivity index (χ0) is 20.2. The molecule has 0 aromatic heterocycles. The minimum Gasteiger partial charge on any atom is -0.354 e. The van der Waals surface area contributed by atoms with Crippen LogP contribution in [0.4, 0.5) is 11.4 Å². The zero-order valence-corrected chi connectivity index (χ0v) is 16.8. The van der Waals surface area contributed by atoms with Crippen molar-refractivity contribution in [3.63, 3.8) is 0 Å². The number of hydrogen-bond acceptors (Lipinski definition) is 2. The quantitative estimate of drug-likeness (QED) is 0.339. The smallest absolute Gasteiger partial charge is 0.0995 e. The monoisotopic (exact) mass is 404 g/mol. The maximum absolute atomic E-state index is 10.1. The van der Waals surface area contributed by atoms with E-state index in [1.165, 1.54) is 22.3 Å². The van der Waals surface area contributed by atoms with E-state index in [2.05, 4.69) is 59.9 Å². The van der Waals surface area contributed by atoms with E-state index >= 15 is 0 Å². The maximum atomic E-state index is 10.1. The fourth-order valence-electron chi connectivity index (χ4n) is 5.18. The summed E-state index contributed by atoms with van der Waals surface area (Å²) >= 11 is 7.06. The lowest BCUT2D eigenvalue weighted by molar-refractivity contribution is 0.752. The van der Waals surface area contributed by atoms with Gasteiger partial charge in [-0.2, -0.15) is 5.26 Å². The molecule has 2 nitrogen and oxygen atoms in total. The van der Waals surface area contributed by atoms with Gasteiger partial charge in [0.2, 0.25) is 0 Å². The van der Waals surface area contributed by atoms with Crippen LogP contribution in [0.5, 0.6) is 0 Å². The molecule has 3 aliphatic carbocycles. The van der Waals surface area contributed by atoms with Gasteiger partial charge in [0.15, 0.2) is 0 Å². The van der Waals surface area contributed by atoms with Gasteiger partial charge in [0.25, 0.3) is 0 Å². The molecule has 3 heteroatoms. The second-order valence-corrected chi connectivity index (χ2v) is 8.22. The van der Waals surface area contributed by atoms with Gasteiger partial charge in [0, 0.05) is 17.5 Å². The van der Waals surface area contributed by atoms with Gasteiger partial charge in [-0.05, 0) is 51.6 Å². The predicted octanol–water partition coefficient (Wildman–Crippen LogP) is 6.94. The highest BCUT2D eigenvalue weighted by Crippen LogP contribution is 2.59. The van der Waals surface area contributed by atoms with Gasteiger partial charge in [-0.3, -0.25) is 0 Å². The first-order chi connectivity index (χ1) is 14.8. The Morgan fingerprint density at radius 2 is 1.20 bits per heavy atom. The lowest BCUT2D eigenvalue weighted by Crippen LogP contribution is -2.29. The number of para-hydroxylation sites is 1. The molecule has 4 aromatic carbocycles. The maximum Gasteiger partial charge on any atom is 0.0995 e. The lowest BCUT2D eigenvalue weighted by Gasteiger charge is -2.43. The summed E-state index contributed by atoms with van der Waals surface area (Å²) in [6.07, 6.45) is 0. The predicted molar refractivity (Wildman–Crippen MR) is 121 cm³/mol. The molecular formula is C27H17ClN2. The van der Waals surface area contributed by atoms with E-state index in [0.717, 1.165) is 22.5 Å². The molecule has 2 bridgehead atoms. The molecule has 0 atom stereocenters. The Labute approximate surface area is 180 Å². The molecule has 30 heavy (non-hydrogen) atoms. The second-order valence-electron chi connectivity index (χ2n) is 7.84. The van der Waals surface area contributed by atoms with E-state index in [0.29, 0.717) is 10.6 Å². The minimum atomic E-state index is 0.0366. The first-order valence-corrected chi connectivity index (χ1v) is 10.4. The summed E-state index contributed by atoms with van der Waals surface area (Å²) in [5.74, 6) is 0.0739. The molecule has 3 aliphatic rings. The molecule has 0 saturated carbocycles. The SMILES string of the molecule is N#Cc1cc(Nc2ccccc2)c(Cl)c2c1C1c3ccccc3C2c2ccccc21. The summed E-state index contributed by atoms with van der Waals surface area (Å²) in [6.45, 7) is 0. The van der Waals surface area contributed by atoms with Gasteiger partial charge < -0.3 is 5.32 Å². The highest BCUT2D eigenvalue weighted by molar-refractivity contribution is 6.34. The summed E-state index contributed by atoms with van der Waals surface area (Å²) < 4.78 is 0. The third kappa shape index (κ3) is 2.30. The fourth-order valence-corrected chi connectivity index (χ4v) is 5.49. The van der Waals surface area contributed by atoms with Crippen molar-refractivity contribution in [3.8, 4) is 6.07 Å². The molecule has 0 spiro atoms. The molecule has 0 aliphatic heterocycles. The van der Waals surface area contributed by atoms with Crippen LogP contribution in [0, 0.1) is 11.3 Å². The summed E-state index contributed by atoms with van der Waals surface area (Å²) in [6, 6.07) is 31.4. The largest absolute Gasteiger partial charge is 0.354 e. The highest BCUT2D eigenvalue weighted by Gasteiger charge is 2.44. The van der Waals surface area contributed by atoms with Crippen LogP contribution in [0.15, 0.2) is 84.9 Å². The van der Waals surface area contributed by atoms with Crippen LogP contribution in [0.3, 0.4) is 0 Å². The van der Waals surface area contributed by atoms with E-state index in [1.54, 1.807) is 0 Å². The number of hydrogen-bond donors (Lipinski definition) is 1. The highest BCUT2D eigenvalue weighted by atomic mass is 35.5. The Balaban J connectivity index is 1.64. The van der Waals surface area contributed by atoms with Crippen molar-refractivity contribution in [2.45, 2.75) is 11.8 Å². The molecular weight excluding hydrogens is 388 g/mol. The summed E-state index contributed by atoms with van der Waals surface area (Å²) in [4.78, 5) is 0.